The Kier molecular flexibility index (Phi) is 7.62. The van der Waals surface area contributed by atoms with Crippen LogP contribution in [0.3, 0.4) is 0 Å². The molecular weight excluding hydrogens is 576 g/mol. The number of halogens is 7. The van der Waals surface area contributed by atoms with Gasteiger partial charge in [-0.2, -0.15) is 13.2 Å². The summed E-state index contributed by atoms with van der Waals surface area (Å²) in [5.41, 5.74) is -3.43. The van der Waals surface area contributed by atoms with Gasteiger partial charge in [-0.1, -0.05) is 0 Å². The van der Waals surface area contributed by atoms with Gasteiger partial charge in [-0.3, -0.25) is 4.79 Å². The summed E-state index contributed by atoms with van der Waals surface area (Å²) >= 11 is 3.13. The van der Waals surface area contributed by atoms with Gasteiger partial charge in [-0.15, -0.1) is 0 Å². The summed E-state index contributed by atoms with van der Waals surface area (Å²) in [5.74, 6) is -5.17. The van der Waals surface area contributed by atoms with E-state index in [2.05, 4.69) is 31.5 Å². The number of pyridine rings is 1. The van der Waals surface area contributed by atoms with Crippen LogP contribution in [0.5, 0.6) is 5.88 Å². The standard InChI is InChI=1S/C23H16BrF6N3O4/c1-35-17-5-4-15(20(24)33-17)32-21(34)10-8-13(26)11(23(28,29)30)9-16(10)31-14-3-2-12(25)19(27)18(14)22-36-6-7-37-22/h2-5,8-9,22,31H,6-7H2,1H3,(H,32,34). The first kappa shape index (κ1) is 26.7. The Morgan fingerprint density at radius 1 is 1.03 bits per heavy atom. The summed E-state index contributed by atoms with van der Waals surface area (Å²) in [6, 6.07) is 5.29. The second-order valence-electron chi connectivity index (χ2n) is 7.54. The SMILES string of the molecule is COc1ccc(NC(=O)c2cc(F)c(C(F)(F)F)cc2Nc2ccc(F)c(F)c2C2OCCO2)c(Br)n1. The molecule has 0 atom stereocenters. The zero-order chi connectivity index (χ0) is 26.9. The second kappa shape index (κ2) is 10.6. The minimum atomic E-state index is -5.12. The highest BCUT2D eigenvalue weighted by atomic mass is 79.9. The molecule has 0 spiro atoms. The van der Waals surface area contributed by atoms with Crippen molar-refractivity contribution in [2.45, 2.75) is 12.5 Å². The van der Waals surface area contributed by atoms with Crippen LogP contribution in [-0.4, -0.2) is 31.2 Å². The van der Waals surface area contributed by atoms with E-state index in [1.807, 2.05) is 0 Å². The van der Waals surface area contributed by atoms with E-state index in [9.17, 15) is 31.1 Å². The largest absolute Gasteiger partial charge is 0.481 e. The number of ether oxygens (including phenoxy) is 3. The molecule has 2 aromatic carbocycles. The van der Waals surface area contributed by atoms with Crippen molar-refractivity contribution < 1.29 is 45.3 Å². The molecule has 0 saturated carbocycles. The second-order valence-corrected chi connectivity index (χ2v) is 8.29. The molecule has 3 aromatic rings. The van der Waals surface area contributed by atoms with Gasteiger partial charge in [0.25, 0.3) is 5.91 Å². The molecule has 2 heterocycles. The highest BCUT2D eigenvalue weighted by Crippen LogP contribution is 2.39. The maximum absolute atomic E-state index is 14.7. The number of alkyl halides is 3. The lowest BCUT2D eigenvalue weighted by Crippen LogP contribution is -2.18. The number of anilines is 3. The Labute approximate surface area is 213 Å². The normalized spacial score (nSPS) is 14.1. The summed E-state index contributed by atoms with van der Waals surface area (Å²) in [7, 11) is 1.37. The summed E-state index contributed by atoms with van der Waals surface area (Å²) in [5, 5.41) is 4.89. The molecule has 196 valence electrons. The Morgan fingerprint density at radius 2 is 1.70 bits per heavy atom. The minimum Gasteiger partial charge on any atom is -0.481 e. The maximum atomic E-state index is 14.7. The van der Waals surface area contributed by atoms with Gasteiger partial charge >= 0.3 is 6.18 Å². The first-order valence-electron chi connectivity index (χ1n) is 10.4. The van der Waals surface area contributed by atoms with Gasteiger partial charge in [-0.05, 0) is 46.3 Å². The zero-order valence-corrected chi connectivity index (χ0v) is 20.3. The van der Waals surface area contributed by atoms with Gasteiger partial charge in [0, 0.05) is 11.8 Å². The molecule has 7 nitrogen and oxygen atoms in total. The molecule has 2 N–H and O–H groups in total. The highest BCUT2D eigenvalue weighted by Gasteiger charge is 2.36. The number of aromatic nitrogens is 1. The fourth-order valence-electron chi connectivity index (χ4n) is 3.47. The number of carbonyl (C=O) groups excluding carboxylic acids is 1. The number of amides is 1. The first-order chi connectivity index (χ1) is 17.5. The number of hydrogen-bond donors (Lipinski definition) is 2. The van der Waals surface area contributed by atoms with Gasteiger partial charge in [0.15, 0.2) is 17.9 Å². The van der Waals surface area contributed by atoms with Gasteiger partial charge in [0.05, 0.1) is 48.4 Å². The quantitative estimate of drug-likeness (QED) is 0.257. The molecule has 0 radical (unpaired) electrons. The molecule has 0 aliphatic carbocycles. The Bertz CT molecular complexity index is 1350. The third-order valence-electron chi connectivity index (χ3n) is 5.20. The number of rotatable bonds is 6. The third-order valence-corrected chi connectivity index (χ3v) is 5.80. The first-order valence-corrected chi connectivity index (χ1v) is 11.2. The van der Waals surface area contributed by atoms with Crippen LogP contribution in [0.1, 0.15) is 27.8 Å². The van der Waals surface area contributed by atoms with Crippen LogP contribution in [-0.2, 0) is 15.7 Å². The molecule has 4 rings (SSSR count). The lowest BCUT2D eigenvalue weighted by atomic mass is 10.0. The van der Waals surface area contributed by atoms with E-state index in [0.717, 1.165) is 12.1 Å². The number of nitrogens with zero attached hydrogens (tertiary/aromatic N) is 1. The van der Waals surface area contributed by atoms with E-state index < -0.39 is 58.2 Å². The molecule has 1 fully saturated rings. The summed E-state index contributed by atoms with van der Waals surface area (Å²) in [4.78, 5) is 17.0. The molecule has 1 amide bonds. The molecule has 1 aliphatic rings. The maximum Gasteiger partial charge on any atom is 0.419 e. The van der Waals surface area contributed by atoms with Crippen LogP contribution in [0.15, 0.2) is 41.0 Å². The highest BCUT2D eigenvalue weighted by molar-refractivity contribution is 9.10. The van der Waals surface area contributed by atoms with Gasteiger partial charge in [0.1, 0.15) is 10.4 Å². The van der Waals surface area contributed by atoms with Crippen molar-refractivity contribution in [2.24, 2.45) is 0 Å². The van der Waals surface area contributed by atoms with E-state index in [-0.39, 0.29) is 35.1 Å². The zero-order valence-electron chi connectivity index (χ0n) is 18.7. The smallest absolute Gasteiger partial charge is 0.419 e. The van der Waals surface area contributed by atoms with Gasteiger partial charge < -0.3 is 24.8 Å². The van der Waals surface area contributed by atoms with E-state index in [4.69, 9.17) is 14.2 Å². The fraction of sp³-hybridized carbons (Fsp3) is 0.217. The van der Waals surface area contributed by atoms with Crippen LogP contribution < -0.4 is 15.4 Å². The molecule has 0 bridgehead atoms. The van der Waals surface area contributed by atoms with Crippen molar-refractivity contribution in [2.75, 3.05) is 31.0 Å². The van der Waals surface area contributed by atoms with Crippen molar-refractivity contribution in [3.8, 4) is 5.88 Å². The van der Waals surface area contributed by atoms with Crippen LogP contribution in [0.25, 0.3) is 0 Å². The summed E-state index contributed by atoms with van der Waals surface area (Å²) in [6.45, 7) is 0.126. The molecule has 1 aromatic heterocycles. The molecule has 37 heavy (non-hydrogen) atoms. The monoisotopic (exact) mass is 591 g/mol. The number of carbonyl (C=O) groups is 1. The average molecular weight is 592 g/mol. The Balaban J connectivity index is 1.79. The lowest BCUT2D eigenvalue weighted by molar-refractivity contribution is -0.139. The molecular formula is C23H16BrF6N3O4. The van der Waals surface area contributed by atoms with E-state index >= 15 is 0 Å². The fourth-order valence-corrected chi connectivity index (χ4v) is 3.88. The predicted octanol–water partition coefficient (Wildman–Crippen LogP) is 6.33. The lowest BCUT2D eigenvalue weighted by Gasteiger charge is -2.20. The number of nitrogens with one attached hydrogen (secondary N) is 2. The number of benzene rings is 2. The predicted molar refractivity (Wildman–Crippen MR) is 122 cm³/mol. The van der Waals surface area contributed by atoms with Crippen LogP contribution >= 0.6 is 15.9 Å². The topological polar surface area (TPSA) is 81.7 Å². The van der Waals surface area contributed by atoms with Crippen molar-refractivity contribution in [1.82, 2.24) is 4.98 Å². The van der Waals surface area contributed by atoms with Crippen molar-refractivity contribution >= 4 is 38.9 Å². The number of hydrogen-bond acceptors (Lipinski definition) is 6. The van der Waals surface area contributed by atoms with E-state index in [1.165, 1.54) is 19.2 Å². The van der Waals surface area contributed by atoms with Crippen molar-refractivity contribution in [1.29, 1.82) is 0 Å². The molecule has 1 saturated heterocycles. The van der Waals surface area contributed by atoms with Gasteiger partial charge in [0.2, 0.25) is 5.88 Å². The average Bonchev–Trinajstić information content (AvgIpc) is 3.37. The molecule has 1 aliphatic heterocycles. The van der Waals surface area contributed by atoms with Crippen LogP contribution in [0.4, 0.5) is 43.4 Å². The minimum absolute atomic E-state index is 0.0628. The molecule has 14 heteroatoms. The van der Waals surface area contributed by atoms with Crippen LogP contribution in [0, 0.1) is 17.5 Å². The van der Waals surface area contributed by atoms with E-state index in [1.54, 1.807) is 0 Å². The summed E-state index contributed by atoms with van der Waals surface area (Å²) < 4.78 is 99.1. The third kappa shape index (κ3) is 5.65. The van der Waals surface area contributed by atoms with E-state index in [0.29, 0.717) is 12.1 Å². The summed E-state index contributed by atoms with van der Waals surface area (Å²) in [6.07, 6.45) is -6.48. The van der Waals surface area contributed by atoms with Gasteiger partial charge in [-0.25, -0.2) is 18.2 Å². The Morgan fingerprint density at radius 3 is 2.32 bits per heavy atom. The van der Waals surface area contributed by atoms with Crippen molar-refractivity contribution in [3.05, 3.63) is 75.1 Å². The van der Waals surface area contributed by atoms with Crippen molar-refractivity contribution in [3.63, 3.8) is 0 Å². The van der Waals surface area contributed by atoms with Crippen LogP contribution in [0.2, 0.25) is 0 Å². The number of methoxy groups -OCH3 is 1. The molecule has 0 unspecified atom stereocenters. The Hall–Kier alpha value is -3.36.